The Balaban J connectivity index is 2.10. The van der Waals surface area contributed by atoms with Gasteiger partial charge in [0.1, 0.15) is 0 Å². The normalized spacial score (nSPS) is 9.85. The summed E-state index contributed by atoms with van der Waals surface area (Å²) in [5, 5.41) is 5.36. The maximum absolute atomic E-state index is 11.8. The number of benzene rings is 2. The molecule has 102 valence electrons. The van der Waals surface area contributed by atoms with E-state index in [1.807, 2.05) is 25.1 Å². The van der Waals surface area contributed by atoms with Gasteiger partial charge in [0.2, 0.25) is 5.91 Å². The molecule has 5 nitrogen and oxygen atoms in total. The van der Waals surface area contributed by atoms with Crippen LogP contribution in [0.1, 0.15) is 15.9 Å². The number of hydrogen-bond donors (Lipinski definition) is 3. The Morgan fingerprint density at radius 3 is 2.25 bits per heavy atom. The minimum Gasteiger partial charge on any atom is -0.366 e. The fourth-order valence-electron chi connectivity index (χ4n) is 1.81. The van der Waals surface area contributed by atoms with Gasteiger partial charge in [-0.05, 0) is 42.8 Å². The van der Waals surface area contributed by atoms with Gasteiger partial charge in [-0.25, -0.2) is 4.79 Å². The van der Waals surface area contributed by atoms with Crippen LogP contribution in [0.3, 0.4) is 0 Å². The molecule has 0 aliphatic heterocycles. The number of rotatable bonds is 3. The summed E-state index contributed by atoms with van der Waals surface area (Å²) < 4.78 is 0. The van der Waals surface area contributed by atoms with Gasteiger partial charge in [-0.1, -0.05) is 18.2 Å². The first-order chi connectivity index (χ1) is 9.54. The van der Waals surface area contributed by atoms with Gasteiger partial charge in [-0.3, -0.25) is 4.79 Å². The number of hydrogen-bond acceptors (Lipinski definition) is 2. The lowest BCUT2D eigenvalue weighted by Crippen LogP contribution is -2.20. The van der Waals surface area contributed by atoms with E-state index in [2.05, 4.69) is 10.6 Å². The Kier molecular flexibility index (Phi) is 4.00. The molecule has 0 bridgehead atoms. The third kappa shape index (κ3) is 3.58. The number of primary amides is 1. The second-order valence-corrected chi connectivity index (χ2v) is 4.40. The van der Waals surface area contributed by atoms with Crippen molar-refractivity contribution in [2.45, 2.75) is 6.92 Å². The van der Waals surface area contributed by atoms with E-state index in [1.165, 1.54) is 0 Å². The van der Waals surface area contributed by atoms with Crippen LogP contribution in [0.2, 0.25) is 0 Å². The number of nitrogens with two attached hydrogens (primary N) is 1. The van der Waals surface area contributed by atoms with Crippen LogP contribution < -0.4 is 16.4 Å². The number of amides is 3. The maximum atomic E-state index is 11.8. The zero-order valence-corrected chi connectivity index (χ0v) is 11.0. The average molecular weight is 269 g/mol. The average Bonchev–Trinajstić information content (AvgIpc) is 2.38. The molecule has 0 aromatic heterocycles. The highest BCUT2D eigenvalue weighted by Gasteiger charge is 2.06. The van der Waals surface area contributed by atoms with Crippen LogP contribution >= 0.6 is 0 Å². The summed E-state index contributed by atoms with van der Waals surface area (Å²) in [6.45, 7) is 1.83. The molecule has 20 heavy (non-hydrogen) atoms. The van der Waals surface area contributed by atoms with Crippen molar-refractivity contribution in [1.82, 2.24) is 0 Å². The lowest BCUT2D eigenvalue weighted by Gasteiger charge is -2.09. The molecule has 4 N–H and O–H groups in total. The lowest BCUT2D eigenvalue weighted by atomic mass is 10.1. The Hall–Kier alpha value is -2.82. The van der Waals surface area contributed by atoms with Crippen molar-refractivity contribution in [2.24, 2.45) is 5.73 Å². The first kappa shape index (κ1) is 13.6. The second kappa shape index (κ2) is 5.88. The fourth-order valence-corrected chi connectivity index (χ4v) is 1.81. The van der Waals surface area contributed by atoms with Crippen molar-refractivity contribution in [3.05, 3.63) is 59.7 Å². The van der Waals surface area contributed by atoms with E-state index >= 15 is 0 Å². The Labute approximate surface area is 116 Å². The molecule has 0 radical (unpaired) electrons. The van der Waals surface area contributed by atoms with E-state index in [0.29, 0.717) is 16.9 Å². The van der Waals surface area contributed by atoms with Crippen molar-refractivity contribution < 1.29 is 9.59 Å². The van der Waals surface area contributed by atoms with Gasteiger partial charge in [0.05, 0.1) is 0 Å². The first-order valence-electron chi connectivity index (χ1n) is 6.09. The van der Waals surface area contributed by atoms with E-state index in [-0.39, 0.29) is 6.03 Å². The number of nitrogens with one attached hydrogen (secondary N) is 2. The molecule has 2 aromatic rings. The molecule has 0 unspecified atom stereocenters. The third-order valence-electron chi connectivity index (χ3n) is 2.65. The van der Waals surface area contributed by atoms with Gasteiger partial charge < -0.3 is 16.4 Å². The minimum atomic E-state index is -0.528. The minimum absolute atomic E-state index is 0.361. The molecule has 0 spiro atoms. The van der Waals surface area contributed by atoms with Crippen LogP contribution in [0.5, 0.6) is 0 Å². The van der Waals surface area contributed by atoms with Crippen molar-refractivity contribution >= 4 is 23.3 Å². The molecule has 0 heterocycles. The van der Waals surface area contributed by atoms with E-state index in [1.54, 1.807) is 30.3 Å². The highest BCUT2D eigenvalue weighted by atomic mass is 16.2. The van der Waals surface area contributed by atoms with E-state index in [0.717, 1.165) is 5.56 Å². The summed E-state index contributed by atoms with van der Waals surface area (Å²) in [5.74, 6) is -0.528. The van der Waals surface area contributed by atoms with Crippen LogP contribution in [-0.2, 0) is 0 Å². The first-order valence-corrected chi connectivity index (χ1v) is 6.09. The van der Waals surface area contributed by atoms with Crippen LogP contribution in [-0.4, -0.2) is 11.9 Å². The van der Waals surface area contributed by atoms with Gasteiger partial charge in [0.15, 0.2) is 0 Å². The Morgan fingerprint density at radius 1 is 0.950 bits per heavy atom. The third-order valence-corrected chi connectivity index (χ3v) is 2.65. The molecular formula is C15H15N3O2. The largest absolute Gasteiger partial charge is 0.366 e. The smallest absolute Gasteiger partial charge is 0.323 e. The monoisotopic (exact) mass is 269 g/mol. The molecule has 0 atom stereocenters. The van der Waals surface area contributed by atoms with Crippen molar-refractivity contribution in [1.29, 1.82) is 0 Å². The molecule has 0 saturated heterocycles. The van der Waals surface area contributed by atoms with E-state index in [4.69, 9.17) is 5.73 Å². The summed E-state index contributed by atoms with van der Waals surface area (Å²) in [7, 11) is 0. The maximum Gasteiger partial charge on any atom is 0.323 e. The van der Waals surface area contributed by atoms with Gasteiger partial charge in [-0.2, -0.15) is 0 Å². The molecule has 2 aromatic carbocycles. The molecule has 3 amide bonds. The number of carbonyl (C=O) groups excluding carboxylic acids is 2. The van der Waals surface area contributed by atoms with Gasteiger partial charge >= 0.3 is 6.03 Å². The summed E-state index contributed by atoms with van der Waals surface area (Å²) >= 11 is 0. The highest BCUT2D eigenvalue weighted by Crippen LogP contribution is 2.15. The zero-order valence-electron chi connectivity index (χ0n) is 11.0. The van der Waals surface area contributed by atoms with Crippen LogP contribution in [0.25, 0.3) is 0 Å². The van der Waals surface area contributed by atoms with E-state index < -0.39 is 5.91 Å². The van der Waals surface area contributed by atoms with Crippen molar-refractivity contribution in [2.75, 3.05) is 10.6 Å². The van der Waals surface area contributed by atoms with Crippen LogP contribution in [0.4, 0.5) is 16.2 Å². The van der Waals surface area contributed by atoms with Crippen molar-refractivity contribution in [3.63, 3.8) is 0 Å². The summed E-state index contributed by atoms with van der Waals surface area (Å²) in [6, 6.07) is 13.7. The Bertz CT molecular complexity index is 639. The quantitative estimate of drug-likeness (QED) is 0.800. The predicted molar refractivity (Wildman–Crippen MR) is 78.8 cm³/mol. The zero-order chi connectivity index (χ0) is 14.5. The van der Waals surface area contributed by atoms with Gasteiger partial charge in [0.25, 0.3) is 0 Å². The number of aryl methyl sites for hydroxylation is 1. The number of para-hydroxylation sites is 1. The number of anilines is 2. The molecule has 0 fully saturated rings. The number of urea groups is 1. The molecule has 0 aliphatic rings. The molecule has 0 saturated carbocycles. The molecular weight excluding hydrogens is 254 g/mol. The van der Waals surface area contributed by atoms with E-state index in [9.17, 15) is 9.59 Å². The summed E-state index contributed by atoms with van der Waals surface area (Å²) in [6.07, 6.45) is 0. The lowest BCUT2D eigenvalue weighted by molar-refractivity contribution is 0.1000. The standard InChI is InChI=1S/C15H15N3O2/c1-10-7-11(14(16)19)9-13(8-10)18-15(20)17-12-5-3-2-4-6-12/h2-9H,1H3,(H2,16,19)(H2,17,18,20). The number of carbonyl (C=O) groups is 2. The fraction of sp³-hybridized carbons (Fsp3) is 0.0667. The predicted octanol–water partition coefficient (Wildman–Crippen LogP) is 2.74. The molecule has 0 aliphatic carbocycles. The molecule has 2 rings (SSSR count). The van der Waals surface area contributed by atoms with Crippen LogP contribution in [0.15, 0.2) is 48.5 Å². The summed E-state index contributed by atoms with van der Waals surface area (Å²) in [5.41, 5.74) is 7.65. The van der Waals surface area contributed by atoms with Crippen LogP contribution in [0, 0.1) is 6.92 Å². The van der Waals surface area contributed by atoms with Gasteiger partial charge in [-0.15, -0.1) is 0 Å². The topological polar surface area (TPSA) is 84.2 Å². The Morgan fingerprint density at radius 2 is 1.60 bits per heavy atom. The van der Waals surface area contributed by atoms with Gasteiger partial charge in [0, 0.05) is 16.9 Å². The molecule has 5 heteroatoms. The second-order valence-electron chi connectivity index (χ2n) is 4.40. The SMILES string of the molecule is Cc1cc(NC(=O)Nc2ccccc2)cc(C(N)=O)c1. The summed E-state index contributed by atoms with van der Waals surface area (Å²) in [4.78, 5) is 23.0. The van der Waals surface area contributed by atoms with Crippen molar-refractivity contribution in [3.8, 4) is 0 Å². The highest BCUT2D eigenvalue weighted by molar-refractivity contribution is 6.01.